The van der Waals surface area contributed by atoms with Gasteiger partial charge in [0.2, 0.25) is 5.95 Å². The van der Waals surface area contributed by atoms with Crippen LogP contribution in [-0.4, -0.2) is 84.7 Å². The number of alkyl halides is 2. The number of nitrogens with zero attached hydrogens (tertiary/aromatic N) is 3. The van der Waals surface area contributed by atoms with Gasteiger partial charge < -0.3 is 36.0 Å². The van der Waals surface area contributed by atoms with Crippen molar-refractivity contribution in [2.45, 2.75) is 56.4 Å². The molecule has 1 saturated carbocycles. The molecule has 2 fully saturated rings. The Hall–Kier alpha value is -3.81. The van der Waals surface area contributed by atoms with Gasteiger partial charge in [0.05, 0.1) is 36.3 Å². The van der Waals surface area contributed by atoms with Gasteiger partial charge >= 0.3 is 11.9 Å². The summed E-state index contributed by atoms with van der Waals surface area (Å²) in [5.74, 6) is -7.53. The van der Waals surface area contributed by atoms with Gasteiger partial charge in [-0.15, -0.1) is 0 Å². The molecule has 11 nitrogen and oxygen atoms in total. The average molecular weight is 580 g/mol. The molecular formula is C27H36F3N7O4. The van der Waals surface area contributed by atoms with Crippen molar-refractivity contribution < 1.29 is 32.6 Å². The van der Waals surface area contributed by atoms with Crippen molar-refractivity contribution in [1.82, 2.24) is 20.2 Å². The molecular weight excluding hydrogens is 543 g/mol. The predicted molar refractivity (Wildman–Crippen MR) is 148 cm³/mol. The normalized spacial score (nSPS) is 16.8. The minimum atomic E-state index is -4.03. The molecule has 14 heteroatoms. The number of anilines is 4. The molecule has 0 bridgehead atoms. The number of likely N-dealkylation sites (tertiary alicyclic amines) is 1. The molecule has 2 aliphatic rings. The molecule has 0 atom stereocenters. The number of carboxylic acid groups (broad SMARTS) is 1. The fraction of sp³-hybridized carbons (Fsp3) is 0.556. The molecule has 2 aromatic rings. The van der Waals surface area contributed by atoms with Crippen molar-refractivity contribution in [3.8, 4) is 5.75 Å². The average Bonchev–Trinajstić information content (AvgIpc) is 3.48. The summed E-state index contributed by atoms with van der Waals surface area (Å²) in [4.78, 5) is 34.9. The highest BCUT2D eigenvalue weighted by molar-refractivity contribution is 5.96. The Bertz CT molecular complexity index is 1270. The van der Waals surface area contributed by atoms with Gasteiger partial charge in [-0.25, -0.2) is 14.2 Å². The molecule has 2 heterocycles. The summed E-state index contributed by atoms with van der Waals surface area (Å²) in [7, 11) is 4.97. The second-order valence-corrected chi connectivity index (χ2v) is 10.5. The van der Waals surface area contributed by atoms with Crippen LogP contribution < -0.4 is 26.0 Å². The first kappa shape index (κ1) is 30.2. The zero-order chi connectivity index (χ0) is 29.7. The SMILES string of the molecule is CNc1c(NCC(F)(F)C(=O)O)nc(Nc2cc(F)c(C(=O)NC3CCN(C)CC3)cc2OC)nc1C1CCCC1. The maximum atomic E-state index is 15.2. The number of carbonyl (C=O) groups excluding carboxylic acids is 1. The third kappa shape index (κ3) is 7.10. The van der Waals surface area contributed by atoms with Crippen LogP contribution in [0.4, 0.5) is 36.3 Å². The minimum Gasteiger partial charge on any atom is -0.495 e. The first-order chi connectivity index (χ1) is 19.5. The largest absolute Gasteiger partial charge is 0.495 e. The summed E-state index contributed by atoms with van der Waals surface area (Å²) in [5, 5.41) is 20.0. The highest BCUT2D eigenvalue weighted by Crippen LogP contribution is 2.40. The Morgan fingerprint density at radius 2 is 1.83 bits per heavy atom. The van der Waals surface area contributed by atoms with Crippen LogP contribution in [0.1, 0.15) is 60.5 Å². The van der Waals surface area contributed by atoms with Gasteiger partial charge in [0.15, 0.2) is 5.82 Å². The van der Waals surface area contributed by atoms with Gasteiger partial charge in [-0.1, -0.05) is 12.8 Å². The standard InChI is InChI=1S/C27H36F3N7O4/c1-31-22-21(15-6-4-5-7-15)35-26(36-23(22)32-14-27(29,30)25(39)40)34-19-13-18(28)17(12-20(19)41-3)24(38)33-16-8-10-37(2)11-9-16/h12-13,15-16,31H,4-11,14H2,1-3H3,(H,33,38)(H,39,40)(H2,32,34,35,36). The molecule has 0 unspecified atom stereocenters. The molecule has 0 spiro atoms. The van der Waals surface area contributed by atoms with E-state index in [0.29, 0.717) is 11.4 Å². The lowest BCUT2D eigenvalue weighted by Gasteiger charge is -2.29. The number of halogens is 3. The van der Waals surface area contributed by atoms with Crippen LogP contribution in [0.2, 0.25) is 0 Å². The third-order valence-electron chi connectivity index (χ3n) is 7.55. The summed E-state index contributed by atoms with van der Waals surface area (Å²) in [6.45, 7) is 0.468. The quantitative estimate of drug-likeness (QED) is 0.265. The molecule has 4 rings (SSSR count). The summed E-state index contributed by atoms with van der Waals surface area (Å²) in [6, 6.07) is 2.32. The van der Waals surface area contributed by atoms with E-state index in [1.807, 2.05) is 7.05 Å². The molecule has 1 aromatic heterocycles. The molecule has 1 aromatic carbocycles. The van der Waals surface area contributed by atoms with Crippen LogP contribution in [0.15, 0.2) is 12.1 Å². The van der Waals surface area contributed by atoms with Gasteiger partial charge in [0.1, 0.15) is 11.6 Å². The van der Waals surface area contributed by atoms with E-state index in [2.05, 4.69) is 36.1 Å². The van der Waals surface area contributed by atoms with E-state index in [4.69, 9.17) is 9.84 Å². The van der Waals surface area contributed by atoms with Gasteiger partial charge in [-0.05, 0) is 51.9 Å². The number of ether oxygens (including phenoxy) is 1. The number of carbonyl (C=O) groups is 2. The number of piperidine rings is 1. The molecule has 224 valence electrons. The van der Waals surface area contributed by atoms with Crippen molar-refractivity contribution in [2.75, 3.05) is 56.8 Å². The van der Waals surface area contributed by atoms with E-state index >= 15 is 4.39 Å². The van der Waals surface area contributed by atoms with E-state index in [9.17, 15) is 18.4 Å². The van der Waals surface area contributed by atoms with Crippen LogP contribution in [-0.2, 0) is 4.79 Å². The highest BCUT2D eigenvalue weighted by atomic mass is 19.3. The van der Waals surface area contributed by atoms with Gasteiger partial charge in [-0.2, -0.15) is 13.8 Å². The zero-order valence-electron chi connectivity index (χ0n) is 23.3. The van der Waals surface area contributed by atoms with Gasteiger partial charge in [0.25, 0.3) is 5.91 Å². The lowest BCUT2D eigenvalue weighted by atomic mass is 10.0. The van der Waals surface area contributed by atoms with E-state index < -0.39 is 30.2 Å². The number of benzene rings is 1. The Labute approximate surface area is 236 Å². The first-order valence-electron chi connectivity index (χ1n) is 13.6. The summed E-state index contributed by atoms with van der Waals surface area (Å²) < 4.78 is 48.4. The predicted octanol–water partition coefficient (Wildman–Crippen LogP) is 4.02. The topological polar surface area (TPSA) is 141 Å². The van der Waals surface area contributed by atoms with Crippen LogP contribution in [0.25, 0.3) is 0 Å². The second kappa shape index (κ2) is 12.8. The monoisotopic (exact) mass is 579 g/mol. The number of carboxylic acids is 1. The maximum absolute atomic E-state index is 15.2. The van der Waals surface area contributed by atoms with Crippen molar-refractivity contribution in [1.29, 1.82) is 0 Å². The third-order valence-corrected chi connectivity index (χ3v) is 7.55. The Balaban J connectivity index is 1.63. The Kier molecular flexibility index (Phi) is 9.41. The summed E-state index contributed by atoms with van der Waals surface area (Å²) in [5.41, 5.74) is 0.889. The Morgan fingerprint density at radius 3 is 2.44 bits per heavy atom. The number of methoxy groups -OCH3 is 1. The smallest absolute Gasteiger partial charge is 0.376 e. The number of amides is 1. The second-order valence-electron chi connectivity index (χ2n) is 10.5. The lowest BCUT2D eigenvalue weighted by Crippen LogP contribution is -2.43. The van der Waals surface area contributed by atoms with Crippen molar-refractivity contribution in [3.05, 3.63) is 29.2 Å². The number of rotatable bonds is 11. The van der Waals surface area contributed by atoms with Gasteiger partial charge in [0, 0.05) is 25.1 Å². The van der Waals surface area contributed by atoms with Crippen molar-refractivity contribution in [3.63, 3.8) is 0 Å². The molecule has 41 heavy (non-hydrogen) atoms. The van der Waals surface area contributed by atoms with E-state index in [1.54, 1.807) is 7.05 Å². The van der Waals surface area contributed by atoms with E-state index in [1.165, 1.54) is 13.2 Å². The van der Waals surface area contributed by atoms with Crippen LogP contribution in [0.3, 0.4) is 0 Å². The van der Waals surface area contributed by atoms with Crippen LogP contribution in [0.5, 0.6) is 5.75 Å². The van der Waals surface area contributed by atoms with E-state index in [-0.39, 0.29) is 40.7 Å². The molecule has 1 amide bonds. The number of aromatic nitrogens is 2. The fourth-order valence-electron chi connectivity index (χ4n) is 5.20. The molecule has 1 aliphatic heterocycles. The highest BCUT2D eigenvalue weighted by Gasteiger charge is 2.39. The van der Waals surface area contributed by atoms with Gasteiger partial charge in [-0.3, -0.25) is 4.79 Å². The van der Waals surface area contributed by atoms with E-state index in [0.717, 1.165) is 57.7 Å². The van der Waals surface area contributed by atoms with Crippen molar-refractivity contribution in [2.24, 2.45) is 0 Å². The summed E-state index contributed by atoms with van der Waals surface area (Å²) in [6.07, 6.45) is 5.13. The first-order valence-corrected chi connectivity index (χ1v) is 13.6. The molecule has 1 saturated heterocycles. The van der Waals surface area contributed by atoms with Crippen LogP contribution in [0, 0.1) is 5.82 Å². The summed E-state index contributed by atoms with van der Waals surface area (Å²) >= 11 is 0. The number of hydrogen-bond acceptors (Lipinski definition) is 9. The molecule has 5 N–H and O–H groups in total. The lowest BCUT2D eigenvalue weighted by molar-refractivity contribution is -0.162. The Morgan fingerprint density at radius 1 is 1.15 bits per heavy atom. The number of hydrogen-bond donors (Lipinski definition) is 5. The minimum absolute atomic E-state index is 0.0193. The molecule has 0 radical (unpaired) electrons. The number of nitrogens with one attached hydrogen (secondary N) is 4. The maximum Gasteiger partial charge on any atom is 0.376 e. The zero-order valence-corrected chi connectivity index (χ0v) is 23.3. The van der Waals surface area contributed by atoms with Crippen LogP contribution >= 0.6 is 0 Å². The number of aliphatic carboxylic acids is 1. The van der Waals surface area contributed by atoms with Crippen molar-refractivity contribution >= 4 is 35.0 Å². The fourth-order valence-corrected chi connectivity index (χ4v) is 5.20. The molecule has 1 aliphatic carbocycles.